The molecule has 0 amide bonds. The number of methoxy groups -OCH3 is 1. The highest BCUT2D eigenvalue weighted by Gasteiger charge is 2.43. The summed E-state index contributed by atoms with van der Waals surface area (Å²) in [5.74, 6) is 0. The Bertz CT molecular complexity index is 369. The van der Waals surface area contributed by atoms with E-state index in [2.05, 4.69) is 21.8 Å². The zero-order chi connectivity index (χ0) is 11.1. The van der Waals surface area contributed by atoms with Crippen LogP contribution < -0.4 is 4.74 Å². The summed E-state index contributed by atoms with van der Waals surface area (Å²) in [6.45, 7) is 3.48. The van der Waals surface area contributed by atoms with Crippen molar-refractivity contribution in [2.45, 2.75) is 25.0 Å². The highest BCUT2D eigenvalue weighted by molar-refractivity contribution is 7.13. The number of aromatic nitrogens is 1. The largest absolute Gasteiger partial charge is 0.473 e. The highest BCUT2D eigenvalue weighted by atomic mass is 32.1. The Kier molecular flexibility index (Phi) is 2.61. The van der Waals surface area contributed by atoms with Crippen molar-refractivity contribution in [1.82, 2.24) is 14.8 Å². The Morgan fingerprint density at radius 3 is 2.88 bits per heavy atom. The van der Waals surface area contributed by atoms with Crippen LogP contribution in [0, 0.1) is 0 Å². The number of likely N-dealkylation sites (tertiary alicyclic amines) is 2. The second-order valence-corrected chi connectivity index (χ2v) is 5.81. The SMILES string of the molecule is COc1ncc(CN2C3CC2CN(C)C3)s1. The van der Waals surface area contributed by atoms with E-state index in [0.29, 0.717) is 0 Å². The molecule has 0 radical (unpaired) electrons. The first-order valence-electron chi connectivity index (χ1n) is 5.69. The normalized spacial score (nSPS) is 30.1. The van der Waals surface area contributed by atoms with Crippen LogP contribution in [-0.4, -0.2) is 54.1 Å². The first-order chi connectivity index (χ1) is 7.76. The number of piperidine rings is 1. The summed E-state index contributed by atoms with van der Waals surface area (Å²) < 4.78 is 5.12. The number of likely N-dealkylation sites (N-methyl/N-ethyl adjacent to an activating group) is 1. The molecule has 88 valence electrons. The van der Waals surface area contributed by atoms with Gasteiger partial charge >= 0.3 is 0 Å². The zero-order valence-electron chi connectivity index (χ0n) is 9.72. The van der Waals surface area contributed by atoms with Crippen LogP contribution in [-0.2, 0) is 6.54 Å². The molecule has 2 unspecified atom stereocenters. The summed E-state index contributed by atoms with van der Waals surface area (Å²) in [6, 6.07) is 1.52. The molecule has 16 heavy (non-hydrogen) atoms. The quantitative estimate of drug-likeness (QED) is 0.788. The molecule has 2 bridgehead atoms. The van der Waals surface area contributed by atoms with Crippen molar-refractivity contribution >= 4 is 11.3 Å². The lowest BCUT2D eigenvalue weighted by Gasteiger charge is -2.55. The minimum atomic E-state index is 0.761. The fourth-order valence-corrected chi connectivity index (χ4v) is 3.53. The summed E-state index contributed by atoms with van der Waals surface area (Å²) in [5.41, 5.74) is 0. The van der Waals surface area contributed by atoms with Crippen LogP contribution >= 0.6 is 11.3 Å². The van der Waals surface area contributed by atoms with Crippen molar-refractivity contribution in [1.29, 1.82) is 0 Å². The van der Waals surface area contributed by atoms with E-state index < -0.39 is 0 Å². The molecule has 2 saturated heterocycles. The highest BCUT2D eigenvalue weighted by Crippen LogP contribution is 2.34. The summed E-state index contributed by atoms with van der Waals surface area (Å²) in [7, 11) is 3.89. The second-order valence-electron chi connectivity index (χ2n) is 4.73. The molecule has 4 nitrogen and oxygen atoms in total. The van der Waals surface area contributed by atoms with Gasteiger partial charge < -0.3 is 9.64 Å². The third-order valence-electron chi connectivity index (χ3n) is 3.57. The fraction of sp³-hybridized carbons (Fsp3) is 0.727. The molecule has 1 aromatic rings. The molecular weight excluding hydrogens is 222 g/mol. The van der Waals surface area contributed by atoms with Gasteiger partial charge in [0.1, 0.15) is 0 Å². The van der Waals surface area contributed by atoms with Crippen LogP contribution in [0.4, 0.5) is 0 Å². The van der Waals surface area contributed by atoms with Gasteiger partial charge in [-0.1, -0.05) is 11.3 Å². The molecule has 3 rings (SSSR count). The Labute approximate surface area is 99.8 Å². The smallest absolute Gasteiger partial charge is 0.273 e. The zero-order valence-corrected chi connectivity index (χ0v) is 10.5. The first kappa shape index (κ1) is 10.5. The van der Waals surface area contributed by atoms with Gasteiger partial charge in [-0.25, -0.2) is 4.98 Å². The summed E-state index contributed by atoms with van der Waals surface area (Å²) >= 11 is 1.66. The molecule has 0 aromatic carbocycles. The standard InChI is InChI=1S/C11H17N3OS/c1-13-5-8-3-9(6-13)14(8)7-10-4-12-11(15-2)16-10/h4,8-9H,3,5-7H2,1-2H3. The number of fused-ring (bicyclic) bond motifs is 2. The lowest BCUT2D eigenvalue weighted by molar-refractivity contribution is -0.0662. The first-order valence-corrected chi connectivity index (χ1v) is 6.51. The summed E-state index contributed by atoms with van der Waals surface area (Å²) in [6.07, 6.45) is 3.32. The van der Waals surface area contributed by atoms with Crippen LogP contribution in [0.5, 0.6) is 5.19 Å². The molecule has 2 aliphatic heterocycles. The molecule has 0 spiro atoms. The van der Waals surface area contributed by atoms with Gasteiger partial charge in [0.15, 0.2) is 0 Å². The van der Waals surface area contributed by atoms with E-state index in [1.54, 1.807) is 18.4 Å². The van der Waals surface area contributed by atoms with Gasteiger partial charge in [-0.3, -0.25) is 4.90 Å². The molecular formula is C11H17N3OS. The van der Waals surface area contributed by atoms with Crippen molar-refractivity contribution in [2.75, 3.05) is 27.2 Å². The van der Waals surface area contributed by atoms with Crippen molar-refractivity contribution in [3.8, 4) is 5.19 Å². The topological polar surface area (TPSA) is 28.6 Å². The predicted octanol–water partition coefficient (Wildman–Crippen LogP) is 1.04. The van der Waals surface area contributed by atoms with Gasteiger partial charge in [-0.15, -0.1) is 0 Å². The minimum Gasteiger partial charge on any atom is -0.473 e. The van der Waals surface area contributed by atoms with Crippen LogP contribution in [0.25, 0.3) is 0 Å². The van der Waals surface area contributed by atoms with E-state index in [0.717, 1.165) is 23.8 Å². The van der Waals surface area contributed by atoms with E-state index in [-0.39, 0.29) is 0 Å². The molecule has 1 aromatic heterocycles. The Hall–Kier alpha value is -0.650. The van der Waals surface area contributed by atoms with E-state index >= 15 is 0 Å². The van der Waals surface area contributed by atoms with Crippen LogP contribution in [0.15, 0.2) is 6.20 Å². The molecule has 2 fully saturated rings. The summed E-state index contributed by atoms with van der Waals surface area (Å²) in [5, 5.41) is 0.776. The maximum Gasteiger partial charge on any atom is 0.273 e. The average molecular weight is 239 g/mol. The molecule has 0 aliphatic carbocycles. The number of rotatable bonds is 3. The number of nitrogens with zero attached hydrogens (tertiary/aromatic N) is 3. The van der Waals surface area contributed by atoms with Gasteiger partial charge in [0.25, 0.3) is 5.19 Å². The third-order valence-corrected chi connectivity index (χ3v) is 4.52. The van der Waals surface area contributed by atoms with Crippen molar-refractivity contribution in [3.63, 3.8) is 0 Å². The predicted molar refractivity (Wildman–Crippen MR) is 63.9 cm³/mol. The van der Waals surface area contributed by atoms with Crippen molar-refractivity contribution < 1.29 is 4.74 Å². The molecule has 2 aliphatic rings. The molecule has 0 saturated carbocycles. The van der Waals surface area contributed by atoms with Crippen molar-refractivity contribution in [3.05, 3.63) is 11.1 Å². The van der Waals surface area contributed by atoms with E-state index in [1.165, 1.54) is 24.4 Å². The second kappa shape index (κ2) is 3.98. The minimum absolute atomic E-state index is 0.761. The van der Waals surface area contributed by atoms with Gasteiger partial charge in [0.2, 0.25) is 0 Å². The van der Waals surface area contributed by atoms with Gasteiger partial charge in [-0.2, -0.15) is 0 Å². The van der Waals surface area contributed by atoms with Crippen LogP contribution in [0.1, 0.15) is 11.3 Å². The monoisotopic (exact) mass is 239 g/mol. The van der Waals surface area contributed by atoms with Crippen LogP contribution in [0.3, 0.4) is 0 Å². The third kappa shape index (κ3) is 1.73. The maximum atomic E-state index is 5.12. The van der Waals surface area contributed by atoms with Crippen LogP contribution in [0.2, 0.25) is 0 Å². The average Bonchev–Trinajstić information content (AvgIpc) is 2.73. The van der Waals surface area contributed by atoms with Gasteiger partial charge in [-0.05, 0) is 13.5 Å². The molecule has 3 heterocycles. The van der Waals surface area contributed by atoms with E-state index in [1.807, 2.05) is 6.20 Å². The number of hydrogen-bond donors (Lipinski definition) is 0. The lowest BCUT2D eigenvalue weighted by atomic mass is 9.88. The van der Waals surface area contributed by atoms with Gasteiger partial charge in [0, 0.05) is 42.8 Å². The van der Waals surface area contributed by atoms with E-state index in [9.17, 15) is 0 Å². The molecule has 5 heteroatoms. The Morgan fingerprint density at radius 1 is 1.50 bits per heavy atom. The lowest BCUT2D eigenvalue weighted by Crippen LogP contribution is -2.67. The maximum absolute atomic E-state index is 5.12. The number of piperazine rings is 1. The molecule has 2 atom stereocenters. The molecule has 0 N–H and O–H groups in total. The number of ether oxygens (including phenoxy) is 1. The fourth-order valence-electron chi connectivity index (χ4n) is 2.79. The Morgan fingerprint density at radius 2 is 2.25 bits per heavy atom. The van der Waals surface area contributed by atoms with E-state index in [4.69, 9.17) is 4.74 Å². The van der Waals surface area contributed by atoms with Crippen molar-refractivity contribution in [2.24, 2.45) is 0 Å². The van der Waals surface area contributed by atoms with Gasteiger partial charge in [0.05, 0.1) is 7.11 Å². The number of hydrogen-bond acceptors (Lipinski definition) is 5. The summed E-state index contributed by atoms with van der Waals surface area (Å²) in [4.78, 5) is 10.6. The number of thiazole rings is 1. The Balaban J connectivity index is 1.64.